The van der Waals surface area contributed by atoms with E-state index in [0.717, 1.165) is 12.0 Å². The summed E-state index contributed by atoms with van der Waals surface area (Å²) in [7, 11) is -7.03. The van der Waals surface area contributed by atoms with Gasteiger partial charge in [-0.05, 0) is 61.7 Å². The first kappa shape index (κ1) is 17.8. The van der Waals surface area contributed by atoms with Crippen molar-refractivity contribution in [1.82, 2.24) is 0 Å². The van der Waals surface area contributed by atoms with Gasteiger partial charge in [-0.2, -0.15) is 0 Å². The molecule has 0 aromatic heterocycles. The number of benzene rings is 2. The molecule has 3 rings (SSSR count). The zero-order valence-corrected chi connectivity index (χ0v) is 15.5. The number of hydrogen-bond donors (Lipinski definition) is 1. The fourth-order valence-corrected chi connectivity index (χ4v) is 5.48. The average molecular weight is 380 g/mol. The molecule has 1 saturated heterocycles. The molecule has 0 radical (unpaired) electrons. The van der Waals surface area contributed by atoms with Crippen LogP contribution in [-0.4, -0.2) is 29.1 Å². The minimum absolute atomic E-state index is 0.0900. The molecule has 1 N–H and O–H groups in total. The van der Waals surface area contributed by atoms with Crippen LogP contribution in [0.3, 0.4) is 0 Å². The average Bonchev–Trinajstić information content (AvgIpc) is 2.54. The third kappa shape index (κ3) is 3.96. The van der Waals surface area contributed by atoms with E-state index in [0.29, 0.717) is 24.3 Å². The third-order valence-corrected chi connectivity index (χ3v) is 7.32. The first-order valence-corrected chi connectivity index (χ1v) is 11.1. The highest BCUT2D eigenvalue weighted by molar-refractivity contribution is 7.93. The van der Waals surface area contributed by atoms with Crippen molar-refractivity contribution in [3.8, 4) is 0 Å². The maximum atomic E-state index is 12.5. The molecule has 1 heterocycles. The molecule has 6 nitrogen and oxygen atoms in total. The summed E-state index contributed by atoms with van der Waals surface area (Å²) in [6, 6.07) is 13.0. The molecule has 1 fully saturated rings. The van der Waals surface area contributed by atoms with E-state index in [1.54, 1.807) is 18.2 Å². The minimum atomic E-state index is -3.72. The van der Waals surface area contributed by atoms with Crippen LogP contribution in [0, 0.1) is 6.92 Å². The van der Waals surface area contributed by atoms with Crippen LogP contribution in [0.25, 0.3) is 0 Å². The number of anilines is 2. The summed E-state index contributed by atoms with van der Waals surface area (Å²) in [6.07, 6.45) is 1.46. The zero-order chi connectivity index (χ0) is 18.1. The van der Waals surface area contributed by atoms with Gasteiger partial charge in [-0.25, -0.2) is 16.8 Å². The van der Waals surface area contributed by atoms with Crippen molar-refractivity contribution < 1.29 is 16.8 Å². The Labute approximate surface area is 148 Å². The summed E-state index contributed by atoms with van der Waals surface area (Å²) in [6.45, 7) is 2.31. The van der Waals surface area contributed by atoms with Crippen LogP contribution in [0.2, 0.25) is 0 Å². The van der Waals surface area contributed by atoms with Gasteiger partial charge in [-0.3, -0.25) is 9.03 Å². The molecular weight excluding hydrogens is 360 g/mol. The normalized spacial score (nSPS) is 17.2. The van der Waals surface area contributed by atoms with Crippen LogP contribution in [0.5, 0.6) is 0 Å². The SMILES string of the molecule is Cc1cccc(NS(=O)(=O)c2ccc(N3CCCCS3(=O)=O)cc2)c1. The number of sulfonamides is 2. The second kappa shape index (κ2) is 6.68. The fraction of sp³-hybridized carbons (Fsp3) is 0.294. The van der Waals surface area contributed by atoms with Gasteiger partial charge in [0.2, 0.25) is 10.0 Å². The van der Waals surface area contributed by atoms with Crippen LogP contribution in [0.15, 0.2) is 53.4 Å². The number of aryl methyl sites for hydroxylation is 1. The first-order chi connectivity index (χ1) is 11.8. The van der Waals surface area contributed by atoms with E-state index in [4.69, 9.17) is 0 Å². The van der Waals surface area contributed by atoms with E-state index in [9.17, 15) is 16.8 Å². The molecule has 0 bridgehead atoms. The van der Waals surface area contributed by atoms with Gasteiger partial charge in [-0.15, -0.1) is 0 Å². The molecule has 8 heteroatoms. The molecular formula is C17H20N2O4S2. The molecule has 0 aliphatic carbocycles. The van der Waals surface area contributed by atoms with Crippen LogP contribution >= 0.6 is 0 Å². The number of rotatable bonds is 4. The van der Waals surface area contributed by atoms with Gasteiger partial charge < -0.3 is 0 Å². The van der Waals surface area contributed by atoms with Gasteiger partial charge in [-0.1, -0.05) is 12.1 Å². The molecule has 0 atom stereocenters. The lowest BCUT2D eigenvalue weighted by Crippen LogP contribution is -2.37. The number of hydrogen-bond acceptors (Lipinski definition) is 4. The molecule has 0 saturated carbocycles. The van der Waals surface area contributed by atoms with Gasteiger partial charge in [0.1, 0.15) is 0 Å². The van der Waals surface area contributed by atoms with Crippen molar-refractivity contribution in [1.29, 1.82) is 0 Å². The Morgan fingerprint density at radius 2 is 1.76 bits per heavy atom. The van der Waals surface area contributed by atoms with Gasteiger partial charge in [0.15, 0.2) is 0 Å². The van der Waals surface area contributed by atoms with Crippen molar-refractivity contribution in [2.75, 3.05) is 21.3 Å². The molecule has 1 aliphatic rings. The molecule has 134 valence electrons. The molecule has 25 heavy (non-hydrogen) atoms. The van der Waals surface area contributed by atoms with Gasteiger partial charge >= 0.3 is 0 Å². The molecule has 0 unspecified atom stereocenters. The van der Waals surface area contributed by atoms with Gasteiger partial charge in [0.05, 0.1) is 16.3 Å². The van der Waals surface area contributed by atoms with E-state index >= 15 is 0 Å². The van der Waals surface area contributed by atoms with Crippen molar-refractivity contribution >= 4 is 31.4 Å². The maximum Gasteiger partial charge on any atom is 0.261 e. The summed E-state index contributed by atoms with van der Waals surface area (Å²) in [5, 5.41) is 0. The Bertz CT molecular complexity index is 968. The second-order valence-corrected chi connectivity index (χ2v) is 9.76. The van der Waals surface area contributed by atoms with E-state index in [1.165, 1.54) is 28.6 Å². The predicted molar refractivity (Wildman–Crippen MR) is 98.8 cm³/mol. The van der Waals surface area contributed by atoms with Crippen molar-refractivity contribution in [3.63, 3.8) is 0 Å². The monoisotopic (exact) mass is 380 g/mol. The van der Waals surface area contributed by atoms with Crippen LogP contribution in [0.4, 0.5) is 11.4 Å². The van der Waals surface area contributed by atoms with E-state index in [-0.39, 0.29) is 10.6 Å². The van der Waals surface area contributed by atoms with Crippen molar-refractivity contribution in [2.24, 2.45) is 0 Å². The predicted octanol–water partition coefficient (Wildman–Crippen LogP) is 2.73. The standard InChI is InChI=1S/C17H20N2O4S2/c1-14-5-4-6-15(13-14)18-25(22,23)17-9-7-16(8-10-17)19-11-2-3-12-24(19,20)21/h4-10,13,18H,2-3,11-12H2,1H3. The molecule has 2 aromatic rings. The smallest absolute Gasteiger partial charge is 0.261 e. The Hall–Kier alpha value is -2.06. The van der Waals surface area contributed by atoms with Crippen molar-refractivity contribution in [3.05, 3.63) is 54.1 Å². The Balaban J connectivity index is 1.84. The van der Waals surface area contributed by atoms with Gasteiger partial charge in [0, 0.05) is 12.2 Å². The van der Waals surface area contributed by atoms with E-state index in [1.807, 2.05) is 13.0 Å². The summed E-state index contributed by atoms with van der Waals surface area (Å²) in [4.78, 5) is 0.0900. The Morgan fingerprint density at radius 1 is 1.04 bits per heavy atom. The topological polar surface area (TPSA) is 83.6 Å². The van der Waals surface area contributed by atoms with E-state index < -0.39 is 20.0 Å². The summed E-state index contributed by atoms with van der Waals surface area (Å²) in [5.74, 6) is 0.127. The van der Waals surface area contributed by atoms with Crippen LogP contribution in [0.1, 0.15) is 18.4 Å². The van der Waals surface area contributed by atoms with Crippen molar-refractivity contribution in [2.45, 2.75) is 24.7 Å². The number of nitrogens with one attached hydrogen (secondary N) is 1. The minimum Gasteiger partial charge on any atom is -0.280 e. The Kier molecular flexibility index (Phi) is 4.75. The van der Waals surface area contributed by atoms with Crippen LogP contribution < -0.4 is 9.03 Å². The van der Waals surface area contributed by atoms with Crippen LogP contribution in [-0.2, 0) is 20.0 Å². The quantitative estimate of drug-likeness (QED) is 0.884. The molecule has 2 aromatic carbocycles. The Morgan fingerprint density at radius 3 is 2.40 bits per heavy atom. The van der Waals surface area contributed by atoms with E-state index in [2.05, 4.69) is 4.72 Å². The lowest BCUT2D eigenvalue weighted by atomic mass is 10.2. The lowest BCUT2D eigenvalue weighted by molar-refractivity contribution is 0.574. The van der Waals surface area contributed by atoms with Gasteiger partial charge in [0.25, 0.3) is 10.0 Å². The zero-order valence-electron chi connectivity index (χ0n) is 13.8. The summed E-state index contributed by atoms with van der Waals surface area (Å²) >= 11 is 0. The molecule has 1 aliphatic heterocycles. The molecule has 0 spiro atoms. The number of nitrogens with zero attached hydrogens (tertiary/aromatic N) is 1. The second-order valence-electron chi connectivity index (χ2n) is 6.06. The fourth-order valence-electron chi connectivity index (χ4n) is 2.79. The largest absolute Gasteiger partial charge is 0.280 e. The highest BCUT2D eigenvalue weighted by atomic mass is 32.2. The first-order valence-electron chi connectivity index (χ1n) is 7.98. The summed E-state index contributed by atoms with van der Waals surface area (Å²) < 4.78 is 53.1. The highest BCUT2D eigenvalue weighted by Crippen LogP contribution is 2.25. The maximum absolute atomic E-state index is 12.5. The highest BCUT2D eigenvalue weighted by Gasteiger charge is 2.26. The summed E-state index contributed by atoms with van der Waals surface area (Å²) in [5.41, 5.74) is 1.93. The molecule has 0 amide bonds. The third-order valence-electron chi connectivity index (χ3n) is 4.05. The lowest BCUT2D eigenvalue weighted by Gasteiger charge is -2.28.